The summed E-state index contributed by atoms with van der Waals surface area (Å²) in [6.07, 6.45) is 0. The lowest BCUT2D eigenvalue weighted by atomic mass is 9.97. The normalized spacial score (nSPS) is 11.5. The molecule has 0 saturated carbocycles. The minimum absolute atomic E-state index is 0.878. The number of nitrogens with zero attached hydrogens (tertiary/aromatic N) is 1. The Kier molecular flexibility index (Phi) is 6.17. The van der Waals surface area contributed by atoms with E-state index >= 15 is 0 Å². The Balaban J connectivity index is 1.17. The van der Waals surface area contributed by atoms with Gasteiger partial charge in [-0.2, -0.15) is 0 Å². The summed E-state index contributed by atoms with van der Waals surface area (Å²) >= 11 is 0. The predicted octanol–water partition coefficient (Wildman–Crippen LogP) is 12.7. The van der Waals surface area contributed by atoms with Crippen molar-refractivity contribution in [2.24, 2.45) is 0 Å². The van der Waals surface area contributed by atoms with Crippen LogP contribution in [0.1, 0.15) is 0 Å². The summed E-state index contributed by atoms with van der Waals surface area (Å²) in [5, 5.41) is 7.27. The number of furan rings is 1. The first-order valence-corrected chi connectivity index (χ1v) is 15.7. The van der Waals surface area contributed by atoms with Gasteiger partial charge in [0.05, 0.1) is 0 Å². The highest BCUT2D eigenvalue weighted by Crippen LogP contribution is 2.40. The van der Waals surface area contributed by atoms with Gasteiger partial charge < -0.3 is 9.32 Å². The zero-order valence-electron chi connectivity index (χ0n) is 25.1. The third-order valence-electron chi connectivity index (χ3n) is 9.07. The second-order valence-electron chi connectivity index (χ2n) is 11.8. The molecular formula is C44H29NO. The summed E-state index contributed by atoms with van der Waals surface area (Å²) in [7, 11) is 0. The van der Waals surface area contributed by atoms with E-state index in [1.54, 1.807) is 0 Å². The zero-order chi connectivity index (χ0) is 30.5. The highest BCUT2D eigenvalue weighted by Gasteiger charge is 2.16. The number of hydrogen-bond donors (Lipinski definition) is 0. The second kappa shape index (κ2) is 10.8. The lowest BCUT2D eigenvalue weighted by molar-refractivity contribution is 0.669. The van der Waals surface area contributed by atoms with Gasteiger partial charge in [-0.1, -0.05) is 127 Å². The van der Waals surface area contributed by atoms with Crippen LogP contribution < -0.4 is 4.90 Å². The number of anilines is 3. The highest BCUT2D eigenvalue weighted by atomic mass is 16.3. The van der Waals surface area contributed by atoms with Crippen molar-refractivity contribution in [3.8, 4) is 22.3 Å². The fourth-order valence-corrected chi connectivity index (χ4v) is 6.84. The third-order valence-corrected chi connectivity index (χ3v) is 9.07. The molecule has 0 atom stereocenters. The first kappa shape index (κ1) is 26.3. The van der Waals surface area contributed by atoms with Gasteiger partial charge in [-0.3, -0.25) is 0 Å². The van der Waals surface area contributed by atoms with Crippen molar-refractivity contribution in [3.63, 3.8) is 0 Å². The van der Waals surface area contributed by atoms with E-state index in [1.807, 2.05) is 12.1 Å². The van der Waals surface area contributed by atoms with Crippen molar-refractivity contribution >= 4 is 60.5 Å². The highest BCUT2D eigenvalue weighted by molar-refractivity contribution is 6.06. The molecule has 1 heterocycles. The number of hydrogen-bond acceptors (Lipinski definition) is 2. The summed E-state index contributed by atoms with van der Waals surface area (Å²) in [6.45, 7) is 0. The quantitative estimate of drug-likeness (QED) is 0.199. The molecule has 0 aliphatic heterocycles. The Morgan fingerprint density at radius 2 is 0.783 bits per heavy atom. The molecule has 2 nitrogen and oxygen atoms in total. The minimum Gasteiger partial charge on any atom is -0.456 e. The van der Waals surface area contributed by atoms with E-state index in [0.717, 1.165) is 39.0 Å². The van der Waals surface area contributed by atoms with Crippen LogP contribution in [0.4, 0.5) is 17.1 Å². The van der Waals surface area contributed by atoms with E-state index < -0.39 is 0 Å². The van der Waals surface area contributed by atoms with E-state index in [4.69, 9.17) is 4.42 Å². The molecule has 0 radical (unpaired) electrons. The Morgan fingerprint density at radius 1 is 0.326 bits per heavy atom. The van der Waals surface area contributed by atoms with Crippen molar-refractivity contribution in [3.05, 3.63) is 176 Å². The molecule has 2 heteroatoms. The van der Waals surface area contributed by atoms with E-state index in [9.17, 15) is 0 Å². The lowest BCUT2D eigenvalue weighted by Gasteiger charge is -2.26. The Morgan fingerprint density at radius 3 is 1.37 bits per heavy atom. The van der Waals surface area contributed by atoms with Crippen LogP contribution in [0.3, 0.4) is 0 Å². The zero-order valence-corrected chi connectivity index (χ0v) is 25.1. The molecule has 0 spiro atoms. The average molecular weight is 588 g/mol. The summed E-state index contributed by atoms with van der Waals surface area (Å²) in [4.78, 5) is 2.31. The molecule has 46 heavy (non-hydrogen) atoms. The molecule has 8 aromatic carbocycles. The van der Waals surface area contributed by atoms with Crippen LogP contribution in [-0.2, 0) is 0 Å². The van der Waals surface area contributed by atoms with Crippen LogP contribution in [0.5, 0.6) is 0 Å². The van der Waals surface area contributed by atoms with E-state index in [-0.39, 0.29) is 0 Å². The second-order valence-corrected chi connectivity index (χ2v) is 11.8. The van der Waals surface area contributed by atoms with Gasteiger partial charge in [0.15, 0.2) is 0 Å². The molecule has 216 valence electrons. The molecule has 0 amide bonds. The van der Waals surface area contributed by atoms with Gasteiger partial charge in [0, 0.05) is 33.9 Å². The van der Waals surface area contributed by atoms with Gasteiger partial charge in [-0.15, -0.1) is 0 Å². The topological polar surface area (TPSA) is 16.4 Å². The van der Waals surface area contributed by atoms with Crippen LogP contribution >= 0.6 is 0 Å². The van der Waals surface area contributed by atoms with Gasteiger partial charge >= 0.3 is 0 Å². The maximum atomic E-state index is 6.32. The molecule has 0 aliphatic rings. The smallest absolute Gasteiger partial charge is 0.137 e. The SMILES string of the molecule is c1ccc2c(-c3ccc(N(c4ccc(-c5cccc6ccccc56)cc4)c4ccc5c(c4)oc4ccccc45)cc3)cccc2c1. The maximum Gasteiger partial charge on any atom is 0.137 e. The van der Waals surface area contributed by atoms with E-state index in [0.29, 0.717) is 0 Å². The Bertz CT molecular complexity index is 2390. The van der Waals surface area contributed by atoms with Crippen molar-refractivity contribution in [2.45, 2.75) is 0 Å². The van der Waals surface area contributed by atoms with Crippen molar-refractivity contribution in [1.82, 2.24) is 0 Å². The van der Waals surface area contributed by atoms with Crippen LogP contribution in [0.15, 0.2) is 180 Å². The molecule has 0 fully saturated rings. The van der Waals surface area contributed by atoms with E-state index in [1.165, 1.54) is 43.8 Å². The Hall–Kier alpha value is -6.12. The van der Waals surface area contributed by atoms with Crippen LogP contribution in [-0.4, -0.2) is 0 Å². The van der Waals surface area contributed by atoms with Crippen LogP contribution in [0, 0.1) is 0 Å². The molecule has 9 aromatic rings. The fraction of sp³-hybridized carbons (Fsp3) is 0. The molecule has 0 bridgehead atoms. The molecule has 0 N–H and O–H groups in total. The van der Waals surface area contributed by atoms with Crippen molar-refractivity contribution < 1.29 is 4.42 Å². The average Bonchev–Trinajstić information content (AvgIpc) is 3.50. The van der Waals surface area contributed by atoms with Gasteiger partial charge in [-0.25, -0.2) is 0 Å². The molecule has 0 unspecified atom stereocenters. The fourth-order valence-electron chi connectivity index (χ4n) is 6.84. The van der Waals surface area contributed by atoms with Gasteiger partial charge in [0.2, 0.25) is 0 Å². The molecule has 0 aliphatic carbocycles. The molecule has 1 aromatic heterocycles. The standard InChI is InChI=1S/C44H29NO/c1-3-13-37-30(9-1)11-7-16-39(37)32-19-23-34(24-20-32)45(36-27-28-42-41-15-5-6-18-43(41)46-44(42)29-36)35-25-21-33(22-26-35)40-17-8-12-31-10-2-4-14-38(31)40/h1-29H. The van der Waals surface area contributed by atoms with Crippen molar-refractivity contribution in [1.29, 1.82) is 0 Å². The summed E-state index contributed by atoms with van der Waals surface area (Å²) in [5.41, 5.74) is 9.85. The maximum absolute atomic E-state index is 6.32. The molecular weight excluding hydrogens is 558 g/mol. The summed E-state index contributed by atoms with van der Waals surface area (Å²) < 4.78 is 6.32. The van der Waals surface area contributed by atoms with Gasteiger partial charge in [-0.05, 0) is 86.3 Å². The number of para-hydroxylation sites is 1. The monoisotopic (exact) mass is 587 g/mol. The third kappa shape index (κ3) is 4.43. The summed E-state index contributed by atoms with van der Waals surface area (Å²) in [5.74, 6) is 0. The van der Waals surface area contributed by atoms with E-state index in [2.05, 4.69) is 169 Å². The van der Waals surface area contributed by atoms with Crippen molar-refractivity contribution in [2.75, 3.05) is 4.90 Å². The first-order valence-electron chi connectivity index (χ1n) is 15.7. The van der Waals surface area contributed by atoms with Gasteiger partial charge in [0.1, 0.15) is 11.2 Å². The number of benzene rings is 8. The number of rotatable bonds is 5. The lowest BCUT2D eigenvalue weighted by Crippen LogP contribution is -2.09. The molecule has 9 rings (SSSR count). The Labute approximate surface area is 267 Å². The predicted molar refractivity (Wildman–Crippen MR) is 194 cm³/mol. The molecule has 0 saturated heterocycles. The minimum atomic E-state index is 0.878. The van der Waals surface area contributed by atoms with Crippen LogP contribution in [0.25, 0.3) is 65.7 Å². The first-order chi connectivity index (χ1) is 22.8. The largest absolute Gasteiger partial charge is 0.456 e. The summed E-state index contributed by atoms with van der Waals surface area (Å²) in [6, 6.07) is 62.8. The van der Waals surface area contributed by atoms with Gasteiger partial charge in [0.25, 0.3) is 0 Å². The van der Waals surface area contributed by atoms with Crippen LogP contribution in [0.2, 0.25) is 0 Å². The number of fused-ring (bicyclic) bond motifs is 5.